The molecule has 0 N–H and O–H groups in total. The zero-order valence-electron chi connectivity index (χ0n) is 14.2. The largest absolute Gasteiger partial charge is 0.378 e. The van der Waals surface area contributed by atoms with E-state index in [1.807, 2.05) is 38.1 Å². The minimum atomic E-state index is -0.753. The van der Waals surface area contributed by atoms with Crippen molar-refractivity contribution in [2.45, 2.75) is 19.3 Å². The van der Waals surface area contributed by atoms with Crippen LogP contribution in [0.25, 0.3) is 0 Å². The molecule has 3 heterocycles. The Morgan fingerprint density at radius 2 is 1.72 bits per heavy atom. The molecule has 1 aromatic carbocycles. The summed E-state index contributed by atoms with van der Waals surface area (Å²) in [5.74, 6) is 0.512. The molecule has 4 rings (SSSR count). The Morgan fingerprint density at radius 3 is 2.40 bits per heavy atom. The van der Waals surface area contributed by atoms with Crippen molar-refractivity contribution >= 4 is 34.7 Å². The topological polar surface area (TPSA) is 58.6 Å². The quantitative estimate of drug-likeness (QED) is 0.772. The van der Waals surface area contributed by atoms with Gasteiger partial charge in [0.2, 0.25) is 5.91 Å². The maximum Gasteiger partial charge on any atom is 0.243 e. The number of morpholine rings is 1. The minimum Gasteiger partial charge on any atom is -0.378 e. The van der Waals surface area contributed by atoms with Crippen LogP contribution in [0.15, 0.2) is 30.6 Å². The molecule has 0 unspecified atom stereocenters. The van der Waals surface area contributed by atoms with Crippen LogP contribution in [-0.4, -0.2) is 42.2 Å². The number of carbonyl (C=O) groups is 1. The number of benzene rings is 1. The van der Waals surface area contributed by atoms with Crippen LogP contribution in [0.3, 0.4) is 0 Å². The standard InChI is InChI=1S/C18H19ClN4O2/c1-18(2)14-15(19)20-11-21-16(14)23(17(18)24)13-5-3-12(4-6-13)22-7-9-25-10-8-22/h3-6,11H,7-10H2,1-2H3. The van der Waals surface area contributed by atoms with E-state index in [-0.39, 0.29) is 5.91 Å². The lowest BCUT2D eigenvalue weighted by Gasteiger charge is -2.29. The van der Waals surface area contributed by atoms with E-state index in [0.29, 0.717) is 16.5 Å². The average molecular weight is 359 g/mol. The molecule has 2 aliphatic heterocycles. The summed E-state index contributed by atoms with van der Waals surface area (Å²) >= 11 is 6.25. The van der Waals surface area contributed by atoms with E-state index in [0.717, 1.165) is 37.7 Å². The third kappa shape index (κ3) is 2.56. The second-order valence-corrected chi connectivity index (χ2v) is 7.10. The molecule has 130 valence electrons. The predicted octanol–water partition coefficient (Wildman–Crippen LogP) is 2.92. The first kappa shape index (κ1) is 16.3. The van der Waals surface area contributed by atoms with Crippen molar-refractivity contribution in [2.75, 3.05) is 36.1 Å². The van der Waals surface area contributed by atoms with E-state index in [2.05, 4.69) is 14.9 Å². The zero-order valence-corrected chi connectivity index (χ0v) is 15.0. The molecule has 1 fully saturated rings. The molecule has 0 bridgehead atoms. The third-order valence-electron chi connectivity index (χ3n) is 4.84. The number of rotatable bonds is 2. The van der Waals surface area contributed by atoms with Gasteiger partial charge in [-0.2, -0.15) is 0 Å². The summed E-state index contributed by atoms with van der Waals surface area (Å²) in [7, 11) is 0. The van der Waals surface area contributed by atoms with Crippen molar-refractivity contribution in [3.63, 3.8) is 0 Å². The monoisotopic (exact) mass is 358 g/mol. The normalized spacial score (nSPS) is 19.2. The number of aromatic nitrogens is 2. The fraction of sp³-hybridized carbons (Fsp3) is 0.389. The molecule has 1 aromatic heterocycles. The van der Waals surface area contributed by atoms with Gasteiger partial charge >= 0.3 is 0 Å². The number of halogens is 1. The van der Waals surface area contributed by atoms with E-state index >= 15 is 0 Å². The van der Waals surface area contributed by atoms with Crippen LogP contribution in [0, 0.1) is 0 Å². The van der Waals surface area contributed by atoms with Gasteiger partial charge in [-0.25, -0.2) is 9.97 Å². The molecule has 25 heavy (non-hydrogen) atoms. The summed E-state index contributed by atoms with van der Waals surface area (Å²) in [5, 5.41) is 0.329. The van der Waals surface area contributed by atoms with Gasteiger partial charge in [0.05, 0.1) is 24.3 Å². The molecule has 0 spiro atoms. The molecule has 1 amide bonds. The van der Waals surface area contributed by atoms with E-state index in [1.54, 1.807) is 4.90 Å². The first-order valence-corrected chi connectivity index (χ1v) is 8.66. The summed E-state index contributed by atoms with van der Waals surface area (Å²) in [4.78, 5) is 25.3. The zero-order chi connectivity index (χ0) is 17.6. The molecule has 0 aliphatic carbocycles. The predicted molar refractivity (Wildman–Crippen MR) is 96.7 cm³/mol. The molecule has 0 saturated carbocycles. The van der Waals surface area contributed by atoms with Crippen molar-refractivity contribution in [3.8, 4) is 0 Å². The van der Waals surface area contributed by atoms with Crippen LogP contribution >= 0.6 is 11.6 Å². The van der Waals surface area contributed by atoms with Crippen molar-refractivity contribution in [3.05, 3.63) is 41.3 Å². The van der Waals surface area contributed by atoms with Gasteiger partial charge in [-0.15, -0.1) is 0 Å². The Balaban J connectivity index is 1.71. The minimum absolute atomic E-state index is 0.0518. The van der Waals surface area contributed by atoms with E-state index in [1.165, 1.54) is 6.33 Å². The smallest absolute Gasteiger partial charge is 0.243 e. The summed E-state index contributed by atoms with van der Waals surface area (Å²) in [6.45, 7) is 6.94. The van der Waals surface area contributed by atoms with Crippen LogP contribution in [0.5, 0.6) is 0 Å². The fourth-order valence-corrected chi connectivity index (χ4v) is 3.78. The van der Waals surface area contributed by atoms with Crippen LogP contribution in [-0.2, 0) is 14.9 Å². The lowest BCUT2D eigenvalue weighted by molar-refractivity contribution is -0.121. The number of ether oxygens (including phenoxy) is 1. The number of fused-ring (bicyclic) bond motifs is 1. The van der Waals surface area contributed by atoms with Crippen molar-refractivity contribution in [2.24, 2.45) is 0 Å². The maximum atomic E-state index is 13.0. The molecule has 7 heteroatoms. The highest BCUT2D eigenvalue weighted by Gasteiger charge is 2.47. The summed E-state index contributed by atoms with van der Waals surface area (Å²) < 4.78 is 5.39. The van der Waals surface area contributed by atoms with Crippen molar-refractivity contribution in [1.82, 2.24) is 9.97 Å². The highest BCUT2D eigenvalue weighted by Crippen LogP contribution is 2.46. The number of nitrogens with zero attached hydrogens (tertiary/aromatic N) is 4. The van der Waals surface area contributed by atoms with Crippen LogP contribution in [0.1, 0.15) is 19.4 Å². The molecule has 2 aromatic rings. The maximum absolute atomic E-state index is 13.0. The van der Waals surface area contributed by atoms with Gasteiger partial charge in [0.25, 0.3) is 0 Å². The van der Waals surface area contributed by atoms with Gasteiger partial charge in [-0.1, -0.05) is 11.6 Å². The Morgan fingerprint density at radius 1 is 1.08 bits per heavy atom. The van der Waals surface area contributed by atoms with Gasteiger partial charge < -0.3 is 9.64 Å². The second kappa shape index (κ2) is 5.97. The fourth-order valence-electron chi connectivity index (χ4n) is 3.42. The molecular weight excluding hydrogens is 340 g/mol. The summed E-state index contributed by atoms with van der Waals surface area (Å²) in [6.07, 6.45) is 1.39. The molecule has 0 atom stereocenters. The number of hydrogen-bond donors (Lipinski definition) is 0. The molecule has 2 aliphatic rings. The van der Waals surface area contributed by atoms with Crippen molar-refractivity contribution < 1.29 is 9.53 Å². The van der Waals surface area contributed by atoms with Gasteiger partial charge in [0.15, 0.2) is 0 Å². The summed E-state index contributed by atoms with van der Waals surface area (Å²) in [6, 6.07) is 7.96. The SMILES string of the molecule is CC1(C)C(=O)N(c2ccc(N3CCOCC3)cc2)c2ncnc(Cl)c21. The van der Waals surface area contributed by atoms with E-state index < -0.39 is 5.41 Å². The first-order chi connectivity index (χ1) is 12.0. The highest BCUT2D eigenvalue weighted by atomic mass is 35.5. The van der Waals surface area contributed by atoms with E-state index in [9.17, 15) is 4.79 Å². The summed E-state index contributed by atoms with van der Waals surface area (Å²) in [5.41, 5.74) is 1.83. The Bertz CT molecular complexity index is 816. The van der Waals surface area contributed by atoms with Gasteiger partial charge in [-0.3, -0.25) is 9.69 Å². The number of hydrogen-bond acceptors (Lipinski definition) is 5. The van der Waals surface area contributed by atoms with Crippen LogP contribution in [0.2, 0.25) is 5.15 Å². The van der Waals surface area contributed by atoms with Crippen molar-refractivity contribution in [1.29, 1.82) is 0 Å². The molecule has 0 radical (unpaired) electrons. The lowest BCUT2D eigenvalue weighted by Crippen LogP contribution is -2.36. The average Bonchev–Trinajstić information content (AvgIpc) is 2.83. The Hall–Kier alpha value is -2.18. The number of anilines is 3. The van der Waals surface area contributed by atoms with Gasteiger partial charge in [0.1, 0.15) is 17.3 Å². The Kier molecular flexibility index (Phi) is 3.89. The van der Waals surface area contributed by atoms with E-state index in [4.69, 9.17) is 16.3 Å². The second-order valence-electron chi connectivity index (χ2n) is 6.74. The van der Waals surface area contributed by atoms with Crippen LogP contribution < -0.4 is 9.80 Å². The molecule has 1 saturated heterocycles. The molecular formula is C18H19ClN4O2. The number of amides is 1. The van der Waals surface area contributed by atoms with Gasteiger partial charge in [0, 0.05) is 24.3 Å². The first-order valence-electron chi connectivity index (χ1n) is 8.28. The third-order valence-corrected chi connectivity index (χ3v) is 5.13. The highest BCUT2D eigenvalue weighted by molar-refractivity contribution is 6.32. The molecule has 6 nitrogen and oxygen atoms in total. The Labute approximate surface area is 151 Å². The van der Waals surface area contributed by atoms with Gasteiger partial charge in [-0.05, 0) is 38.1 Å². The van der Waals surface area contributed by atoms with Crippen LogP contribution in [0.4, 0.5) is 17.2 Å². The lowest BCUT2D eigenvalue weighted by atomic mass is 9.88. The number of carbonyl (C=O) groups excluding carboxylic acids is 1.